The third kappa shape index (κ3) is 1.82. The van der Waals surface area contributed by atoms with E-state index in [2.05, 4.69) is 4.36 Å². The molecule has 14 heavy (non-hydrogen) atoms. The fraction of sp³-hybridized carbons (Fsp3) is 0.455. The number of hydrogen-bond acceptors (Lipinski definition) is 2. The van der Waals surface area contributed by atoms with Gasteiger partial charge in [-0.3, -0.25) is 0 Å². The number of hydrogen-bond donors (Lipinski definition) is 0. The molecule has 1 atom stereocenters. The van der Waals surface area contributed by atoms with Crippen molar-refractivity contribution >= 4 is 9.73 Å². The molecule has 1 aromatic carbocycles. The highest BCUT2D eigenvalue weighted by Crippen LogP contribution is 2.26. The molecule has 0 heterocycles. The lowest BCUT2D eigenvalue weighted by Gasteiger charge is -2.24. The number of benzene rings is 1. The van der Waals surface area contributed by atoms with E-state index in [4.69, 9.17) is 0 Å². The Balaban J connectivity index is 3.40. The molecule has 1 rings (SSSR count). The van der Waals surface area contributed by atoms with Crippen LogP contribution in [0.1, 0.15) is 20.8 Å². The summed E-state index contributed by atoms with van der Waals surface area (Å²) in [6.07, 6.45) is 0. The van der Waals surface area contributed by atoms with Gasteiger partial charge in [0.25, 0.3) is 0 Å². The highest BCUT2D eigenvalue weighted by molar-refractivity contribution is 7.95. The van der Waals surface area contributed by atoms with E-state index in [1.54, 1.807) is 7.05 Å². The van der Waals surface area contributed by atoms with E-state index in [0.29, 0.717) is 0 Å². The SMILES string of the molecule is CN=S(=O)(c1ccccc1)C(C)(C)C. The van der Waals surface area contributed by atoms with Gasteiger partial charge in [0.1, 0.15) is 0 Å². The van der Waals surface area contributed by atoms with Gasteiger partial charge in [0.2, 0.25) is 0 Å². The molecule has 0 N–H and O–H groups in total. The van der Waals surface area contributed by atoms with Crippen molar-refractivity contribution in [2.45, 2.75) is 30.4 Å². The van der Waals surface area contributed by atoms with Crippen molar-refractivity contribution in [2.24, 2.45) is 4.36 Å². The van der Waals surface area contributed by atoms with Crippen LogP contribution in [0.5, 0.6) is 0 Å². The molecule has 78 valence electrons. The minimum atomic E-state index is -2.30. The molecular weight excluding hydrogens is 194 g/mol. The second-order valence-electron chi connectivity index (χ2n) is 4.13. The van der Waals surface area contributed by atoms with Gasteiger partial charge in [0.15, 0.2) is 0 Å². The highest BCUT2D eigenvalue weighted by Gasteiger charge is 2.27. The molecule has 0 radical (unpaired) electrons. The molecule has 0 saturated heterocycles. The normalized spacial score (nSPS) is 16.0. The van der Waals surface area contributed by atoms with E-state index in [9.17, 15) is 4.21 Å². The minimum Gasteiger partial charge on any atom is -0.244 e. The van der Waals surface area contributed by atoms with Crippen molar-refractivity contribution in [3.8, 4) is 0 Å². The van der Waals surface area contributed by atoms with Crippen LogP contribution < -0.4 is 0 Å². The molecule has 0 aliphatic heterocycles. The summed E-state index contributed by atoms with van der Waals surface area (Å²) >= 11 is 0. The van der Waals surface area contributed by atoms with Crippen LogP contribution in [0.4, 0.5) is 0 Å². The Morgan fingerprint density at radius 1 is 1.14 bits per heavy atom. The molecule has 1 unspecified atom stereocenters. The lowest BCUT2D eigenvalue weighted by atomic mass is 10.3. The second-order valence-corrected chi connectivity index (χ2v) is 7.25. The first-order valence-electron chi connectivity index (χ1n) is 4.62. The Hall–Kier alpha value is -0.830. The Labute approximate surface area is 86.5 Å². The number of nitrogens with zero attached hydrogens (tertiary/aromatic N) is 1. The maximum Gasteiger partial charge on any atom is 0.0799 e. The summed E-state index contributed by atoms with van der Waals surface area (Å²) < 4.78 is 16.4. The molecule has 3 heteroatoms. The average molecular weight is 211 g/mol. The monoisotopic (exact) mass is 211 g/mol. The minimum absolute atomic E-state index is 0.330. The van der Waals surface area contributed by atoms with Crippen LogP contribution in [0, 0.1) is 0 Å². The van der Waals surface area contributed by atoms with E-state index in [1.165, 1.54) is 0 Å². The van der Waals surface area contributed by atoms with Gasteiger partial charge in [0.05, 0.1) is 14.5 Å². The topological polar surface area (TPSA) is 29.4 Å². The van der Waals surface area contributed by atoms with Gasteiger partial charge < -0.3 is 0 Å². The van der Waals surface area contributed by atoms with Crippen LogP contribution in [-0.2, 0) is 9.73 Å². The van der Waals surface area contributed by atoms with Crippen LogP contribution in [0.3, 0.4) is 0 Å². The fourth-order valence-electron chi connectivity index (χ4n) is 1.34. The zero-order valence-electron chi connectivity index (χ0n) is 9.15. The predicted octanol–water partition coefficient (Wildman–Crippen LogP) is 2.94. The Kier molecular flexibility index (Phi) is 3.00. The molecule has 0 amide bonds. The first-order chi connectivity index (χ1) is 6.42. The summed E-state index contributed by atoms with van der Waals surface area (Å²) in [5.74, 6) is 0. The predicted molar refractivity (Wildman–Crippen MR) is 61.0 cm³/mol. The average Bonchev–Trinajstić information content (AvgIpc) is 2.16. The molecule has 2 nitrogen and oxygen atoms in total. The molecule has 0 bridgehead atoms. The van der Waals surface area contributed by atoms with Crippen LogP contribution in [-0.4, -0.2) is 16.0 Å². The van der Waals surface area contributed by atoms with Crippen LogP contribution in [0.15, 0.2) is 39.6 Å². The van der Waals surface area contributed by atoms with Crippen molar-refractivity contribution in [1.82, 2.24) is 0 Å². The maximum atomic E-state index is 12.6. The van der Waals surface area contributed by atoms with Crippen molar-refractivity contribution in [3.05, 3.63) is 30.3 Å². The summed E-state index contributed by atoms with van der Waals surface area (Å²) in [5, 5.41) is 0. The Morgan fingerprint density at radius 2 is 1.64 bits per heavy atom. The van der Waals surface area contributed by atoms with E-state index >= 15 is 0 Å². The molecule has 0 aliphatic carbocycles. The fourth-order valence-corrected chi connectivity index (χ4v) is 3.33. The van der Waals surface area contributed by atoms with Gasteiger partial charge in [-0.1, -0.05) is 18.2 Å². The Morgan fingerprint density at radius 3 is 2.00 bits per heavy atom. The lowest BCUT2D eigenvalue weighted by Crippen LogP contribution is -2.27. The summed E-state index contributed by atoms with van der Waals surface area (Å²) in [6.45, 7) is 5.86. The zero-order valence-corrected chi connectivity index (χ0v) is 9.97. The third-order valence-corrected chi connectivity index (χ3v) is 5.24. The first-order valence-corrected chi connectivity index (χ1v) is 6.13. The molecular formula is C11H17NOS. The summed E-state index contributed by atoms with van der Waals surface area (Å²) in [7, 11) is -0.671. The molecule has 0 spiro atoms. The van der Waals surface area contributed by atoms with E-state index in [0.717, 1.165) is 4.90 Å². The Bertz CT molecular complexity index is 409. The summed E-state index contributed by atoms with van der Waals surface area (Å²) in [6, 6.07) is 9.46. The van der Waals surface area contributed by atoms with Crippen LogP contribution >= 0.6 is 0 Å². The standard InChI is InChI=1S/C11H17NOS/c1-11(2,3)14(13,12-4)10-8-6-5-7-9-10/h5-9H,1-4H3. The molecule has 0 fully saturated rings. The van der Waals surface area contributed by atoms with Crippen molar-refractivity contribution < 1.29 is 4.21 Å². The van der Waals surface area contributed by atoms with Crippen molar-refractivity contribution in [3.63, 3.8) is 0 Å². The van der Waals surface area contributed by atoms with Gasteiger partial charge in [-0.25, -0.2) is 8.57 Å². The van der Waals surface area contributed by atoms with Gasteiger partial charge in [-0.15, -0.1) is 0 Å². The van der Waals surface area contributed by atoms with Gasteiger partial charge in [-0.2, -0.15) is 0 Å². The number of rotatable bonds is 1. The quantitative estimate of drug-likeness (QED) is 0.702. The van der Waals surface area contributed by atoms with E-state index in [1.807, 2.05) is 51.1 Å². The summed E-state index contributed by atoms with van der Waals surface area (Å²) in [4.78, 5) is 0.815. The van der Waals surface area contributed by atoms with Crippen LogP contribution in [0.2, 0.25) is 0 Å². The molecule has 1 aromatic rings. The zero-order chi connectivity index (χ0) is 10.8. The maximum absolute atomic E-state index is 12.6. The van der Waals surface area contributed by atoms with Gasteiger partial charge in [-0.05, 0) is 32.9 Å². The van der Waals surface area contributed by atoms with Crippen molar-refractivity contribution in [2.75, 3.05) is 7.05 Å². The molecule has 0 saturated carbocycles. The second kappa shape index (κ2) is 3.73. The first kappa shape index (κ1) is 11.2. The van der Waals surface area contributed by atoms with Crippen LogP contribution in [0.25, 0.3) is 0 Å². The van der Waals surface area contributed by atoms with Gasteiger partial charge >= 0.3 is 0 Å². The molecule has 0 aliphatic rings. The largest absolute Gasteiger partial charge is 0.244 e. The third-order valence-electron chi connectivity index (χ3n) is 2.15. The smallest absolute Gasteiger partial charge is 0.0799 e. The summed E-state index contributed by atoms with van der Waals surface area (Å²) in [5.41, 5.74) is 0. The van der Waals surface area contributed by atoms with E-state index < -0.39 is 9.73 Å². The van der Waals surface area contributed by atoms with Gasteiger partial charge in [0, 0.05) is 11.9 Å². The lowest BCUT2D eigenvalue weighted by molar-refractivity contribution is 0.639. The van der Waals surface area contributed by atoms with E-state index in [-0.39, 0.29) is 4.75 Å². The highest BCUT2D eigenvalue weighted by atomic mass is 32.2. The molecule has 0 aromatic heterocycles. The van der Waals surface area contributed by atoms with Crippen molar-refractivity contribution in [1.29, 1.82) is 0 Å².